The standard InChI is InChI=1S/C20H15ClN4O2S2/c21-13-7-5-12(6-8-13)18(27)25-19-22-14(11-28-19)9-10-17(26)24-20-23-15-3-1-2-4-16(15)29-20/h1-8,11H,9-10H2,(H,22,25,27)(H,23,24,26). The van der Waals surface area contributed by atoms with E-state index in [1.165, 1.54) is 22.7 Å². The van der Waals surface area contributed by atoms with Crippen molar-refractivity contribution in [1.82, 2.24) is 9.97 Å². The quantitative estimate of drug-likeness (QED) is 0.428. The molecule has 6 nitrogen and oxygen atoms in total. The van der Waals surface area contributed by atoms with Gasteiger partial charge in [-0.15, -0.1) is 11.3 Å². The number of nitrogens with zero attached hydrogens (tertiary/aromatic N) is 2. The van der Waals surface area contributed by atoms with Gasteiger partial charge in [0.05, 0.1) is 15.9 Å². The summed E-state index contributed by atoms with van der Waals surface area (Å²) in [6.07, 6.45) is 0.758. The molecule has 2 aromatic carbocycles. The average Bonchev–Trinajstić information content (AvgIpc) is 3.32. The van der Waals surface area contributed by atoms with Gasteiger partial charge >= 0.3 is 0 Å². The Bertz CT molecular complexity index is 1140. The number of fused-ring (bicyclic) bond motifs is 1. The van der Waals surface area contributed by atoms with Gasteiger partial charge < -0.3 is 5.32 Å². The molecule has 9 heteroatoms. The van der Waals surface area contributed by atoms with Crippen LogP contribution in [0.15, 0.2) is 53.9 Å². The molecule has 4 rings (SSSR count). The maximum absolute atomic E-state index is 12.2. The first kappa shape index (κ1) is 19.5. The van der Waals surface area contributed by atoms with Crippen molar-refractivity contribution in [3.63, 3.8) is 0 Å². The van der Waals surface area contributed by atoms with Crippen LogP contribution in [0.5, 0.6) is 0 Å². The van der Waals surface area contributed by atoms with Gasteiger partial charge in [0.2, 0.25) is 5.91 Å². The van der Waals surface area contributed by atoms with Crippen molar-refractivity contribution in [3.8, 4) is 0 Å². The maximum atomic E-state index is 12.2. The number of nitrogens with one attached hydrogen (secondary N) is 2. The number of benzene rings is 2. The molecule has 0 saturated heterocycles. The Hall–Kier alpha value is -2.81. The molecule has 2 aromatic heterocycles. The number of para-hydroxylation sites is 1. The first-order valence-electron chi connectivity index (χ1n) is 8.73. The van der Waals surface area contributed by atoms with E-state index in [0.29, 0.717) is 27.3 Å². The molecule has 4 aromatic rings. The number of halogens is 1. The summed E-state index contributed by atoms with van der Waals surface area (Å²) in [7, 11) is 0. The Morgan fingerprint density at radius 2 is 1.76 bits per heavy atom. The van der Waals surface area contributed by atoms with Gasteiger partial charge in [-0.05, 0) is 42.8 Å². The van der Waals surface area contributed by atoms with Gasteiger partial charge in [0.25, 0.3) is 5.91 Å². The summed E-state index contributed by atoms with van der Waals surface area (Å²) >= 11 is 8.60. The maximum Gasteiger partial charge on any atom is 0.257 e. The lowest BCUT2D eigenvalue weighted by Gasteiger charge is -2.02. The van der Waals surface area contributed by atoms with E-state index in [0.717, 1.165) is 15.9 Å². The van der Waals surface area contributed by atoms with Crippen LogP contribution in [-0.4, -0.2) is 21.8 Å². The molecule has 29 heavy (non-hydrogen) atoms. The molecule has 2 N–H and O–H groups in total. The van der Waals surface area contributed by atoms with E-state index in [4.69, 9.17) is 11.6 Å². The normalized spacial score (nSPS) is 10.8. The molecule has 0 aliphatic rings. The average molecular weight is 443 g/mol. The molecule has 0 unspecified atom stereocenters. The Kier molecular flexibility index (Phi) is 5.84. The lowest BCUT2D eigenvalue weighted by molar-refractivity contribution is -0.116. The number of aromatic nitrogens is 2. The van der Waals surface area contributed by atoms with E-state index in [-0.39, 0.29) is 18.2 Å². The predicted octanol–water partition coefficient (Wildman–Crippen LogP) is 5.23. The lowest BCUT2D eigenvalue weighted by atomic mass is 10.2. The third-order valence-electron chi connectivity index (χ3n) is 4.03. The van der Waals surface area contributed by atoms with Crippen LogP contribution in [0.1, 0.15) is 22.5 Å². The highest BCUT2D eigenvalue weighted by Crippen LogP contribution is 2.25. The minimum Gasteiger partial charge on any atom is -0.302 e. The highest BCUT2D eigenvalue weighted by molar-refractivity contribution is 7.22. The summed E-state index contributed by atoms with van der Waals surface area (Å²) in [5, 5.41) is 9.07. The number of hydrogen-bond donors (Lipinski definition) is 2. The van der Waals surface area contributed by atoms with Crippen molar-refractivity contribution >= 4 is 66.6 Å². The van der Waals surface area contributed by atoms with Gasteiger partial charge in [-0.3, -0.25) is 14.9 Å². The number of aryl methyl sites for hydroxylation is 1. The van der Waals surface area contributed by atoms with Crippen LogP contribution in [0.3, 0.4) is 0 Å². The second kappa shape index (κ2) is 8.69. The molecule has 0 radical (unpaired) electrons. The van der Waals surface area contributed by atoms with Gasteiger partial charge in [0.1, 0.15) is 0 Å². The molecular formula is C20H15ClN4O2S2. The summed E-state index contributed by atoms with van der Waals surface area (Å²) in [6.45, 7) is 0. The fraction of sp³-hybridized carbons (Fsp3) is 0.100. The second-order valence-corrected chi connectivity index (χ2v) is 8.47. The summed E-state index contributed by atoms with van der Waals surface area (Å²) < 4.78 is 1.03. The van der Waals surface area contributed by atoms with Gasteiger partial charge in [-0.2, -0.15) is 0 Å². The summed E-state index contributed by atoms with van der Waals surface area (Å²) in [5.41, 5.74) is 2.12. The monoisotopic (exact) mass is 442 g/mol. The molecule has 0 bridgehead atoms. The highest BCUT2D eigenvalue weighted by atomic mass is 35.5. The van der Waals surface area contributed by atoms with Crippen LogP contribution in [0, 0.1) is 0 Å². The first-order chi connectivity index (χ1) is 14.1. The van der Waals surface area contributed by atoms with Crippen molar-refractivity contribution in [1.29, 1.82) is 0 Å². The second-order valence-electron chi connectivity index (χ2n) is 6.14. The van der Waals surface area contributed by atoms with E-state index >= 15 is 0 Å². The number of amides is 2. The van der Waals surface area contributed by atoms with Crippen molar-refractivity contribution in [2.75, 3.05) is 10.6 Å². The van der Waals surface area contributed by atoms with Gasteiger partial charge in [-0.25, -0.2) is 9.97 Å². The number of anilines is 2. The predicted molar refractivity (Wildman–Crippen MR) is 118 cm³/mol. The molecule has 0 aliphatic carbocycles. The summed E-state index contributed by atoms with van der Waals surface area (Å²) in [4.78, 5) is 33.2. The van der Waals surface area contributed by atoms with Crippen LogP contribution in [0.2, 0.25) is 5.02 Å². The van der Waals surface area contributed by atoms with Gasteiger partial charge in [0, 0.05) is 22.4 Å². The van der Waals surface area contributed by atoms with Crippen LogP contribution in [0.25, 0.3) is 10.2 Å². The van der Waals surface area contributed by atoms with Crippen LogP contribution >= 0.6 is 34.3 Å². The van der Waals surface area contributed by atoms with Crippen molar-refractivity contribution in [2.45, 2.75) is 12.8 Å². The number of hydrogen-bond acceptors (Lipinski definition) is 6. The SMILES string of the molecule is O=C(CCc1csc(NC(=O)c2ccc(Cl)cc2)n1)Nc1nc2ccccc2s1. The molecule has 2 amide bonds. The van der Waals surface area contributed by atoms with E-state index in [1.54, 1.807) is 24.3 Å². The number of thiazole rings is 2. The number of carbonyl (C=O) groups is 2. The number of rotatable bonds is 6. The lowest BCUT2D eigenvalue weighted by Crippen LogP contribution is -2.13. The zero-order valence-corrected chi connectivity index (χ0v) is 17.4. The Balaban J connectivity index is 1.30. The van der Waals surface area contributed by atoms with Crippen LogP contribution in [0.4, 0.5) is 10.3 Å². The topological polar surface area (TPSA) is 84.0 Å². The summed E-state index contributed by atoms with van der Waals surface area (Å²) in [6, 6.07) is 14.4. The van der Waals surface area contributed by atoms with Gasteiger partial charge in [0.15, 0.2) is 10.3 Å². The molecule has 146 valence electrons. The van der Waals surface area contributed by atoms with E-state index < -0.39 is 0 Å². The zero-order chi connectivity index (χ0) is 20.2. The van der Waals surface area contributed by atoms with Crippen LogP contribution in [-0.2, 0) is 11.2 Å². The molecule has 0 spiro atoms. The van der Waals surface area contributed by atoms with E-state index in [2.05, 4.69) is 20.6 Å². The van der Waals surface area contributed by atoms with Crippen molar-refractivity contribution in [3.05, 3.63) is 70.2 Å². The van der Waals surface area contributed by atoms with E-state index in [1.807, 2.05) is 29.6 Å². The first-order valence-corrected chi connectivity index (χ1v) is 10.8. The Labute approximate surface area is 179 Å². The van der Waals surface area contributed by atoms with Crippen LogP contribution < -0.4 is 10.6 Å². The molecular weight excluding hydrogens is 428 g/mol. The highest BCUT2D eigenvalue weighted by Gasteiger charge is 2.11. The third-order valence-corrected chi connectivity index (χ3v) is 6.04. The van der Waals surface area contributed by atoms with Crippen molar-refractivity contribution < 1.29 is 9.59 Å². The molecule has 2 heterocycles. The molecule has 0 aliphatic heterocycles. The van der Waals surface area contributed by atoms with E-state index in [9.17, 15) is 9.59 Å². The minimum absolute atomic E-state index is 0.121. The third kappa shape index (κ3) is 4.97. The molecule has 0 saturated carbocycles. The fourth-order valence-corrected chi connectivity index (χ4v) is 4.35. The zero-order valence-electron chi connectivity index (χ0n) is 15.0. The fourth-order valence-electron chi connectivity index (χ4n) is 2.60. The minimum atomic E-state index is -0.254. The molecule has 0 atom stereocenters. The smallest absolute Gasteiger partial charge is 0.257 e. The largest absolute Gasteiger partial charge is 0.302 e. The van der Waals surface area contributed by atoms with Gasteiger partial charge in [-0.1, -0.05) is 35.1 Å². The van der Waals surface area contributed by atoms with Crippen molar-refractivity contribution in [2.24, 2.45) is 0 Å². The molecule has 0 fully saturated rings. The Morgan fingerprint density at radius 1 is 0.966 bits per heavy atom. The number of carbonyl (C=O) groups excluding carboxylic acids is 2. The Morgan fingerprint density at radius 3 is 2.55 bits per heavy atom. The summed E-state index contributed by atoms with van der Waals surface area (Å²) in [5.74, 6) is -0.375.